The molecule has 0 aliphatic carbocycles. The Morgan fingerprint density at radius 3 is 3.00 bits per heavy atom. The molecule has 0 unspecified atom stereocenters. The smallest absolute Gasteiger partial charge is 0.250 e. The van der Waals surface area contributed by atoms with Crippen molar-refractivity contribution in [1.29, 1.82) is 0 Å². The zero-order chi connectivity index (χ0) is 13.4. The molecule has 96 valence electrons. The first-order valence-corrected chi connectivity index (χ1v) is 5.53. The summed E-state index contributed by atoms with van der Waals surface area (Å²) in [5, 5.41) is 2.59. The van der Waals surface area contributed by atoms with Gasteiger partial charge in [-0.25, -0.2) is 4.39 Å². The van der Waals surface area contributed by atoms with Gasteiger partial charge in [-0.15, -0.1) is 0 Å². The van der Waals surface area contributed by atoms with Gasteiger partial charge < -0.3 is 15.8 Å². The van der Waals surface area contributed by atoms with Gasteiger partial charge in [0.1, 0.15) is 12.4 Å². The van der Waals surface area contributed by atoms with Gasteiger partial charge in [-0.3, -0.25) is 4.79 Å². The fourth-order valence-corrected chi connectivity index (χ4v) is 1.24. The molecule has 0 fully saturated rings. The van der Waals surface area contributed by atoms with E-state index in [2.05, 4.69) is 17.2 Å². The summed E-state index contributed by atoms with van der Waals surface area (Å²) in [7, 11) is 0. The molecule has 0 saturated heterocycles. The number of ether oxygens (including phenoxy) is 1. The molecule has 4 nitrogen and oxygen atoms in total. The van der Waals surface area contributed by atoms with Crippen LogP contribution < -0.4 is 11.1 Å². The number of carbonyl (C=O) groups excluding carboxylic acids is 1. The second kappa shape index (κ2) is 7.43. The number of carbonyl (C=O) groups is 1. The zero-order valence-electron chi connectivity index (χ0n) is 10.1. The molecule has 1 rings (SSSR count). The zero-order valence-corrected chi connectivity index (χ0v) is 10.1. The highest BCUT2D eigenvalue weighted by Crippen LogP contribution is 2.13. The number of hydrogen-bond acceptors (Lipinski definition) is 3. The predicted molar refractivity (Wildman–Crippen MR) is 67.5 cm³/mol. The van der Waals surface area contributed by atoms with Crippen LogP contribution in [0.3, 0.4) is 0 Å². The minimum absolute atomic E-state index is 0.0301. The summed E-state index contributed by atoms with van der Waals surface area (Å²) in [5.41, 5.74) is 5.90. The number of rotatable bonds is 4. The first kappa shape index (κ1) is 14.2. The van der Waals surface area contributed by atoms with E-state index < -0.39 is 5.82 Å². The van der Waals surface area contributed by atoms with Crippen molar-refractivity contribution in [2.45, 2.75) is 6.92 Å². The Bertz CT molecular complexity index is 478. The lowest BCUT2D eigenvalue weighted by molar-refractivity contribution is -0.120. The van der Waals surface area contributed by atoms with E-state index in [0.29, 0.717) is 12.3 Å². The maximum absolute atomic E-state index is 13.4. The summed E-state index contributed by atoms with van der Waals surface area (Å²) in [4.78, 5) is 11.4. The summed E-state index contributed by atoms with van der Waals surface area (Å²) in [6.07, 6.45) is 0. The average molecular weight is 250 g/mol. The standard InChI is InChI=1S/C13H15FN2O2/c1-2-18-9-13(17)16-11-5-6-12(14)10(8-11)4-3-7-15/h5-6,8H,2,7,9,15H2,1H3,(H,16,17). The van der Waals surface area contributed by atoms with Crippen molar-refractivity contribution in [3.8, 4) is 11.8 Å². The lowest BCUT2D eigenvalue weighted by atomic mass is 10.2. The van der Waals surface area contributed by atoms with Crippen molar-refractivity contribution in [1.82, 2.24) is 0 Å². The van der Waals surface area contributed by atoms with Crippen molar-refractivity contribution >= 4 is 11.6 Å². The van der Waals surface area contributed by atoms with Crippen LogP contribution in [0.2, 0.25) is 0 Å². The van der Waals surface area contributed by atoms with Gasteiger partial charge in [0.05, 0.1) is 12.1 Å². The molecule has 0 bridgehead atoms. The minimum atomic E-state index is -0.446. The van der Waals surface area contributed by atoms with Crippen molar-refractivity contribution < 1.29 is 13.9 Å². The van der Waals surface area contributed by atoms with Crippen LogP contribution in [-0.2, 0) is 9.53 Å². The van der Waals surface area contributed by atoms with E-state index in [1.807, 2.05) is 0 Å². The van der Waals surface area contributed by atoms with E-state index in [9.17, 15) is 9.18 Å². The number of nitrogens with two attached hydrogens (primary N) is 1. The van der Waals surface area contributed by atoms with Gasteiger partial charge >= 0.3 is 0 Å². The largest absolute Gasteiger partial charge is 0.372 e. The minimum Gasteiger partial charge on any atom is -0.372 e. The Balaban J connectivity index is 2.75. The lowest BCUT2D eigenvalue weighted by Crippen LogP contribution is -2.18. The molecule has 3 N–H and O–H groups in total. The molecular formula is C13H15FN2O2. The molecule has 0 spiro atoms. The molecule has 0 atom stereocenters. The van der Waals surface area contributed by atoms with Crippen LogP contribution in [-0.4, -0.2) is 25.7 Å². The van der Waals surface area contributed by atoms with Gasteiger partial charge in [0.15, 0.2) is 0 Å². The number of halogens is 1. The van der Waals surface area contributed by atoms with Crippen molar-refractivity contribution in [2.24, 2.45) is 5.73 Å². The summed E-state index contributed by atoms with van der Waals surface area (Å²) in [5.74, 6) is 4.42. The Labute approximate surface area is 105 Å². The molecule has 0 heterocycles. The maximum atomic E-state index is 13.4. The van der Waals surface area contributed by atoms with E-state index in [4.69, 9.17) is 10.5 Å². The monoisotopic (exact) mass is 250 g/mol. The van der Waals surface area contributed by atoms with Crippen LogP contribution in [0.25, 0.3) is 0 Å². The van der Waals surface area contributed by atoms with Crippen molar-refractivity contribution in [3.05, 3.63) is 29.6 Å². The predicted octanol–water partition coefficient (Wildman–Crippen LogP) is 1.11. The second-order valence-electron chi connectivity index (χ2n) is 3.39. The van der Waals surface area contributed by atoms with Crippen LogP contribution in [0.5, 0.6) is 0 Å². The number of nitrogens with one attached hydrogen (secondary N) is 1. The fourth-order valence-electron chi connectivity index (χ4n) is 1.24. The highest BCUT2D eigenvalue weighted by atomic mass is 19.1. The van der Waals surface area contributed by atoms with Gasteiger partial charge in [0, 0.05) is 12.3 Å². The molecule has 0 aliphatic heterocycles. The Morgan fingerprint density at radius 2 is 2.33 bits per heavy atom. The molecular weight excluding hydrogens is 235 g/mol. The van der Waals surface area contributed by atoms with E-state index in [0.717, 1.165) is 0 Å². The molecule has 1 aromatic carbocycles. The summed E-state index contributed by atoms with van der Waals surface area (Å²) in [6.45, 7) is 2.38. The number of benzene rings is 1. The van der Waals surface area contributed by atoms with Crippen LogP contribution in [0, 0.1) is 17.7 Å². The first-order chi connectivity index (χ1) is 8.67. The van der Waals surface area contributed by atoms with Gasteiger partial charge in [-0.2, -0.15) is 0 Å². The van der Waals surface area contributed by atoms with E-state index in [1.54, 1.807) is 6.92 Å². The van der Waals surface area contributed by atoms with Crippen LogP contribution >= 0.6 is 0 Å². The third-order valence-corrected chi connectivity index (χ3v) is 2.01. The quantitative estimate of drug-likeness (QED) is 0.787. The number of hydrogen-bond donors (Lipinski definition) is 2. The number of anilines is 1. The third kappa shape index (κ3) is 4.53. The lowest BCUT2D eigenvalue weighted by Gasteiger charge is -2.06. The van der Waals surface area contributed by atoms with E-state index >= 15 is 0 Å². The van der Waals surface area contributed by atoms with Gasteiger partial charge in [0.2, 0.25) is 5.91 Å². The SMILES string of the molecule is CCOCC(=O)Nc1ccc(F)c(C#CCN)c1. The Kier molecular flexibility index (Phi) is 5.85. The molecule has 18 heavy (non-hydrogen) atoms. The molecule has 0 aliphatic rings. The van der Waals surface area contributed by atoms with Crippen molar-refractivity contribution in [3.63, 3.8) is 0 Å². The molecule has 0 radical (unpaired) electrons. The molecule has 0 saturated carbocycles. The average Bonchev–Trinajstić information content (AvgIpc) is 2.37. The van der Waals surface area contributed by atoms with Crippen LogP contribution in [0.1, 0.15) is 12.5 Å². The summed E-state index contributed by atoms with van der Waals surface area (Å²) >= 11 is 0. The number of amides is 1. The van der Waals surface area contributed by atoms with Gasteiger partial charge in [-0.1, -0.05) is 11.8 Å². The highest BCUT2D eigenvalue weighted by Gasteiger charge is 2.05. The molecule has 5 heteroatoms. The Morgan fingerprint density at radius 1 is 1.56 bits per heavy atom. The molecule has 1 amide bonds. The van der Waals surface area contributed by atoms with Gasteiger partial charge in [0.25, 0.3) is 0 Å². The molecule has 0 aromatic heterocycles. The molecule has 1 aromatic rings. The van der Waals surface area contributed by atoms with E-state index in [-0.39, 0.29) is 24.6 Å². The topological polar surface area (TPSA) is 64.3 Å². The first-order valence-electron chi connectivity index (χ1n) is 5.53. The third-order valence-electron chi connectivity index (χ3n) is 2.01. The van der Waals surface area contributed by atoms with Gasteiger partial charge in [-0.05, 0) is 25.1 Å². The normalized spacial score (nSPS) is 9.50. The second-order valence-corrected chi connectivity index (χ2v) is 3.39. The van der Waals surface area contributed by atoms with Crippen molar-refractivity contribution in [2.75, 3.05) is 25.1 Å². The summed E-state index contributed by atoms with van der Waals surface area (Å²) in [6, 6.07) is 4.17. The van der Waals surface area contributed by atoms with E-state index in [1.165, 1.54) is 18.2 Å². The highest BCUT2D eigenvalue weighted by molar-refractivity contribution is 5.91. The Hall–Kier alpha value is -1.90. The maximum Gasteiger partial charge on any atom is 0.250 e. The van der Waals surface area contributed by atoms with Crippen LogP contribution in [0.4, 0.5) is 10.1 Å². The fraction of sp³-hybridized carbons (Fsp3) is 0.308. The van der Waals surface area contributed by atoms with Crippen LogP contribution in [0.15, 0.2) is 18.2 Å². The summed E-state index contributed by atoms with van der Waals surface area (Å²) < 4.78 is 18.3.